The highest BCUT2D eigenvalue weighted by Gasteiger charge is 2.05. The fourth-order valence-corrected chi connectivity index (χ4v) is 1.44. The molecular formula is C12H18N4O3. The van der Waals surface area contributed by atoms with Crippen LogP contribution in [-0.4, -0.2) is 43.0 Å². The number of amides is 2. The van der Waals surface area contributed by atoms with Gasteiger partial charge in [-0.25, -0.2) is 4.79 Å². The van der Waals surface area contributed by atoms with Crippen LogP contribution in [0, 0.1) is 10.1 Å². The summed E-state index contributed by atoms with van der Waals surface area (Å²) in [5, 5.41) is 15.8. The van der Waals surface area contributed by atoms with E-state index in [1.807, 2.05) is 19.0 Å². The first-order valence-electron chi connectivity index (χ1n) is 5.93. The SMILES string of the molecule is CN(C)CCCNC(=O)Nc1ccc([N+](=O)[O-])cc1. The lowest BCUT2D eigenvalue weighted by Gasteiger charge is -2.10. The highest BCUT2D eigenvalue weighted by Crippen LogP contribution is 2.14. The molecule has 2 N–H and O–H groups in total. The predicted octanol–water partition coefficient (Wildman–Crippen LogP) is 1.67. The molecule has 0 aliphatic rings. The molecule has 0 aliphatic carbocycles. The predicted molar refractivity (Wildman–Crippen MR) is 73.3 cm³/mol. The second kappa shape index (κ2) is 7.32. The minimum atomic E-state index is -0.481. The van der Waals surface area contributed by atoms with Crippen molar-refractivity contribution in [1.82, 2.24) is 10.2 Å². The van der Waals surface area contributed by atoms with E-state index in [4.69, 9.17) is 0 Å². The van der Waals surface area contributed by atoms with Crippen molar-refractivity contribution in [2.75, 3.05) is 32.5 Å². The molecule has 2 amide bonds. The number of hydrogen-bond donors (Lipinski definition) is 2. The molecule has 0 aromatic heterocycles. The molecule has 19 heavy (non-hydrogen) atoms. The first-order chi connectivity index (χ1) is 8.99. The van der Waals surface area contributed by atoms with Crippen LogP contribution in [0.25, 0.3) is 0 Å². The van der Waals surface area contributed by atoms with Gasteiger partial charge in [0, 0.05) is 24.4 Å². The van der Waals surface area contributed by atoms with E-state index in [1.165, 1.54) is 24.3 Å². The first kappa shape index (κ1) is 14.9. The van der Waals surface area contributed by atoms with E-state index in [9.17, 15) is 14.9 Å². The van der Waals surface area contributed by atoms with Gasteiger partial charge in [0.2, 0.25) is 0 Å². The molecule has 7 nitrogen and oxygen atoms in total. The molecule has 0 radical (unpaired) electrons. The third kappa shape index (κ3) is 5.82. The maximum absolute atomic E-state index is 11.5. The van der Waals surface area contributed by atoms with Crippen LogP contribution in [0.2, 0.25) is 0 Å². The molecule has 1 aromatic carbocycles. The highest BCUT2D eigenvalue weighted by atomic mass is 16.6. The van der Waals surface area contributed by atoms with E-state index in [-0.39, 0.29) is 11.7 Å². The van der Waals surface area contributed by atoms with Crippen LogP contribution in [0.4, 0.5) is 16.2 Å². The summed E-state index contributed by atoms with van der Waals surface area (Å²) < 4.78 is 0. The zero-order valence-electron chi connectivity index (χ0n) is 11.0. The Morgan fingerprint density at radius 2 is 1.95 bits per heavy atom. The molecule has 1 aromatic rings. The highest BCUT2D eigenvalue weighted by molar-refractivity contribution is 5.89. The zero-order valence-corrected chi connectivity index (χ0v) is 11.0. The van der Waals surface area contributed by atoms with Gasteiger partial charge >= 0.3 is 6.03 Å². The Morgan fingerprint density at radius 1 is 1.32 bits per heavy atom. The number of nitrogens with zero attached hydrogens (tertiary/aromatic N) is 2. The molecule has 7 heteroatoms. The number of urea groups is 1. The second-order valence-corrected chi connectivity index (χ2v) is 4.34. The molecule has 0 saturated heterocycles. The molecule has 0 fully saturated rings. The van der Waals surface area contributed by atoms with Crippen molar-refractivity contribution in [2.24, 2.45) is 0 Å². The van der Waals surface area contributed by atoms with Crippen LogP contribution in [0.5, 0.6) is 0 Å². The van der Waals surface area contributed by atoms with Crippen LogP contribution in [0.1, 0.15) is 6.42 Å². The molecule has 1 rings (SSSR count). The Labute approximate surface area is 111 Å². The van der Waals surface area contributed by atoms with Crippen molar-refractivity contribution < 1.29 is 9.72 Å². The summed E-state index contributed by atoms with van der Waals surface area (Å²) in [5.74, 6) is 0. The smallest absolute Gasteiger partial charge is 0.319 e. The van der Waals surface area contributed by atoms with Gasteiger partial charge in [0.25, 0.3) is 5.69 Å². The molecule has 0 heterocycles. The van der Waals surface area contributed by atoms with Crippen molar-refractivity contribution in [3.8, 4) is 0 Å². The number of non-ortho nitro benzene ring substituents is 1. The Bertz CT molecular complexity index is 431. The summed E-state index contributed by atoms with van der Waals surface area (Å²) in [6.07, 6.45) is 0.862. The third-order valence-corrected chi connectivity index (χ3v) is 2.40. The fourth-order valence-electron chi connectivity index (χ4n) is 1.44. The van der Waals surface area contributed by atoms with Crippen molar-refractivity contribution in [1.29, 1.82) is 0 Å². The number of nitrogens with one attached hydrogen (secondary N) is 2. The molecule has 0 spiro atoms. The molecular weight excluding hydrogens is 248 g/mol. The van der Waals surface area contributed by atoms with E-state index in [0.717, 1.165) is 13.0 Å². The van der Waals surface area contributed by atoms with Gasteiger partial charge in [-0.1, -0.05) is 0 Å². The molecule has 0 saturated carbocycles. The van der Waals surface area contributed by atoms with Gasteiger partial charge in [-0.3, -0.25) is 10.1 Å². The number of rotatable bonds is 6. The topological polar surface area (TPSA) is 87.5 Å². The molecule has 104 valence electrons. The van der Waals surface area contributed by atoms with Crippen molar-refractivity contribution in [3.63, 3.8) is 0 Å². The molecule has 0 aliphatic heterocycles. The zero-order chi connectivity index (χ0) is 14.3. The molecule has 0 bridgehead atoms. The minimum Gasteiger partial charge on any atom is -0.338 e. The summed E-state index contributed by atoms with van der Waals surface area (Å²) in [5.41, 5.74) is 0.521. The summed E-state index contributed by atoms with van der Waals surface area (Å²) in [6.45, 7) is 1.48. The average molecular weight is 266 g/mol. The van der Waals surface area contributed by atoms with Gasteiger partial charge in [0.15, 0.2) is 0 Å². The van der Waals surface area contributed by atoms with E-state index in [0.29, 0.717) is 12.2 Å². The first-order valence-corrected chi connectivity index (χ1v) is 5.93. The summed E-state index contributed by atoms with van der Waals surface area (Å²) in [7, 11) is 3.94. The standard InChI is InChI=1S/C12H18N4O3/c1-15(2)9-3-8-13-12(17)14-10-4-6-11(7-5-10)16(18)19/h4-7H,3,8-9H2,1-2H3,(H2,13,14,17). The van der Waals surface area contributed by atoms with Gasteiger partial charge in [0.05, 0.1) is 4.92 Å². The number of nitro groups is 1. The number of anilines is 1. The Morgan fingerprint density at radius 3 is 2.47 bits per heavy atom. The van der Waals surface area contributed by atoms with E-state index >= 15 is 0 Å². The number of hydrogen-bond acceptors (Lipinski definition) is 4. The summed E-state index contributed by atoms with van der Waals surface area (Å²) >= 11 is 0. The van der Waals surface area contributed by atoms with Gasteiger partial charge in [-0.05, 0) is 39.2 Å². The van der Waals surface area contributed by atoms with Crippen LogP contribution in [0.3, 0.4) is 0 Å². The largest absolute Gasteiger partial charge is 0.338 e. The maximum atomic E-state index is 11.5. The Balaban J connectivity index is 2.34. The number of carbonyl (C=O) groups is 1. The lowest BCUT2D eigenvalue weighted by atomic mass is 10.3. The van der Waals surface area contributed by atoms with E-state index in [1.54, 1.807) is 0 Å². The maximum Gasteiger partial charge on any atom is 0.319 e. The number of nitro benzene ring substituents is 1. The third-order valence-electron chi connectivity index (χ3n) is 2.40. The molecule has 0 unspecified atom stereocenters. The minimum absolute atomic E-state index is 0.00283. The van der Waals surface area contributed by atoms with E-state index in [2.05, 4.69) is 10.6 Å². The van der Waals surface area contributed by atoms with Gasteiger partial charge in [-0.2, -0.15) is 0 Å². The van der Waals surface area contributed by atoms with Crippen LogP contribution in [0.15, 0.2) is 24.3 Å². The lowest BCUT2D eigenvalue weighted by Crippen LogP contribution is -2.31. The van der Waals surface area contributed by atoms with Crippen LogP contribution >= 0.6 is 0 Å². The van der Waals surface area contributed by atoms with E-state index < -0.39 is 4.92 Å². The van der Waals surface area contributed by atoms with Crippen molar-refractivity contribution >= 4 is 17.4 Å². The normalized spacial score (nSPS) is 10.3. The second-order valence-electron chi connectivity index (χ2n) is 4.34. The monoisotopic (exact) mass is 266 g/mol. The van der Waals surface area contributed by atoms with Crippen molar-refractivity contribution in [2.45, 2.75) is 6.42 Å². The molecule has 0 atom stereocenters. The summed E-state index contributed by atoms with van der Waals surface area (Å²) in [6, 6.07) is 5.38. The lowest BCUT2D eigenvalue weighted by molar-refractivity contribution is -0.384. The average Bonchev–Trinajstić information content (AvgIpc) is 2.35. The Hall–Kier alpha value is -2.15. The van der Waals surface area contributed by atoms with Gasteiger partial charge in [-0.15, -0.1) is 0 Å². The van der Waals surface area contributed by atoms with Crippen molar-refractivity contribution in [3.05, 3.63) is 34.4 Å². The fraction of sp³-hybridized carbons (Fsp3) is 0.417. The van der Waals surface area contributed by atoms with Crippen LogP contribution < -0.4 is 10.6 Å². The van der Waals surface area contributed by atoms with Gasteiger partial charge in [0.1, 0.15) is 0 Å². The van der Waals surface area contributed by atoms with Gasteiger partial charge < -0.3 is 15.5 Å². The summed E-state index contributed by atoms with van der Waals surface area (Å²) in [4.78, 5) is 23.5. The Kier molecular flexibility index (Phi) is 5.74. The van der Waals surface area contributed by atoms with Crippen LogP contribution in [-0.2, 0) is 0 Å². The number of carbonyl (C=O) groups excluding carboxylic acids is 1. The quantitative estimate of drug-likeness (QED) is 0.466. The number of benzene rings is 1.